The van der Waals surface area contributed by atoms with Crippen molar-refractivity contribution >= 4 is 0 Å². The summed E-state index contributed by atoms with van der Waals surface area (Å²) < 4.78 is 0. The Hall–Kier alpha value is -0.920. The molecule has 0 aromatic rings. The van der Waals surface area contributed by atoms with Gasteiger partial charge in [0.2, 0.25) is 0 Å². The Bertz CT molecular complexity index is 147. The molecule has 0 aromatic carbocycles. The lowest BCUT2D eigenvalue weighted by atomic mass is 10.3. The van der Waals surface area contributed by atoms with Gasteiger partial charge in [-0.25, -0.2) is 0 Å². The van der Waals surface area contributed by atoms with Crippen LogP contribution < -0.4 is 5.32 Å². The van der Waals surface area contributed by atoms with E-state index < -0.39 is 0 Å². The number of hydrogen-bond donors (Lipinski definition) is 1. The minimum absolute atomic E-state index is 1.01. The van der Waals surface area contributed by atoms with Crippen LogP contribution in [0.15, 0.2) is 24.0 Å². The molecular weight excluding hydrogens is 112 g/mol. The number of nitrogens with one attached hydrogen (secondary N) is 1. The summed E-state index contributed by atoms with van der Waals surface area (Å²) in [6.07, 6.45) is 6.27. The van der Waals surface area contributed by atoms with E-state index in [1.165, 1.54) is 5.70 Å². The molecule has 1 rings (SSSR count). The van der Waals surface area contributed by atoms with E-state index in [0.717, 1.165) is 6.54 Å². The zero-order valence-electron chi connectivity index (χ0n) is 5.89. The van der Waals surface area contributed by atoms with Gasteiger partial charge in [0.05, 0.1) is 0 Å². The van der Waals surface area contributed by atoms with E-state index in [0.29, 0.717) is 0 Å². The van der Waals surface area contributed by atoms with Crippen LogP contribution in [0.1, 0.15) is 0 Å². The van der Waals surface area contributed by atoms with Crippen LogP contribution in [0.3, 0.4) is 0 Å². The molecule has 1 heterocycles. The van der Waals surface area contributed by atoms with Crippen molar-refractivity contribution < 1.29 is 0 Å². The second-order valence-electron chi connectivity index (χ2n) is 2.16. The van der Waals surface area contributed by atoms with Crippen molar-refractivity contribution in [2.75, 3.05) is 20.6 Å². The first-order valence-electron chi connectivity index (χ1n) is 3.09. The smallest absolute Gasteiger partial charge is 0.0373 e. The maximum absolute atomic E-state index is 3.07. The summed E-state index contributed by atoms with van der Waals surface area (Å²) >= 11 is 0. The van der Waals surface area contributed by atoms with E-state index in [-0.39, 0.29) is 0 Å². The van der Waals surface area contributed by atoms with E-state index in [1.807, 2.05) is 7.05 Å². The van der Waals surface area contributed by atoms with Gasteiger partial charge in [-0.3, -0.25) is 0 Å². The average Bonchev–Trinajstić information content (AvgIpc) is 1.90. The SMILES string of the molecule is CNC1=CCN(C)C=C1. The molecule has 0 amide bonds. The van der Waals surface area contributed by atoms with Crippen molar-refractivity contribution in [2.24, 2.45) is 0 Å². The van der Waals surface area contributed by atoms with Gasteiger partial charge in [-0.15, -0.1) is 0 Å². The van der Waals surface area contributed by atoms with Crippen LogP contribution in [0.25, 0.3) is 0 Å². The van der Waals surface area contributed by atoms with Crippen molar-refractivity contribution in [3.8, 4) is 0 Å². The minimum Gasteiger partial charge on any atom is -0.388 e. The van der Waals surface area contributed by atoms with Crippen molar-refractivity contribution in [3.63, 3.8) is 0 Å². The Morgan fingerprint density at radius 1 is 1.67 bits per heavy atom. The summed E-state index contributed by atoms with van der Waals surface area (Å²) in [6.45, 7) is 1.01. The predicted octanol–water partition coefficient (Wildman–Crippen LogP) is 0.549. The van der Waals surface area contributed by atoms with Gasteiger partial charge in [0.15, 0.2) is 0 Å². The summed E-state index contributed by atoms with van der Waals surface area (Å²) in [4.78, 5) is 2.13. The monoisotopic (exact) mass is 124 g/mol. The van der Waals surface area contributed by atoms with Gasteiger partial charge in [-0.2, -0.15) is 0 Å². The van der Waals surface area contributed by atoms with Crippen molar-refractivity contribution in [2.45, 2.75) is 0 Å². The van der Waals surface area contributed by atoms with Crippen LogP contribution >= 0.6 is 0 Å². The highest BCUT2D eigenvalue weighted by atomic mass is 15.1. The summed E-state index contributed by atoms with van der Waals surface area (Å²) in [5, 5.41) is 3.07. The Labute approximate surface area is 55.9 Å². The molecule has 1 N–H and O–H groups in total. The summed E-state index contributed by atoms with van der Waals surface area (Å²) in [7, 11) is 3.99. The molecular formula is C7H12N2. The van der Waals surface area contributed by atoms with Crippen LogP contribution in [-0.2, 0) is 0 Å². The number of likely N-dealkylation sites (N-methyl/N-ethyl adjacent to an activating group) is 2. The standard InChI is InChI=1S/C7H12N2/c1-8-7-3-5-9(2)6-4-7/h3-5,8H,6H2,1-2H3. The first-order chi connectivity index (χ1) is 4.33. The highest BCUT2D eigenvalue weighted by Crippen LogP contribution is 1.99. The average molecular weight is 124 g/mol. The van der Waals surface area contributed by atoms with E-state index in [4.69, 9.17) is 0 Å². The van der Waals surface area contributed by atoms with Gasteiger partial charge in [-0.1, -0.05) is 0 Å². The summed E-state index contributed by atoms with van der Waals surface area (Å²) in [6, 6.07) is 0. The van der Waals surface area contributed by atoms with Gasteiger partial charge in [0.1, 0.15) is 0 Å². The Morgan fingerprint density at radius 3 is 2.89 bits per heavy atom. The molecule has 0 fully saturated rings. The van der Waals surface area contributed by atoms with Crippen LogP contribution in [0, 0.1) is 0 Å². The highest BCUT2D eigenvalue weighted by Gasteiger charge is 1.95. The third-order valence-corrected chi connectivity index (χ3v) is 1.40. The van der Waals surface area contributed by atoms with Crippen LogP contribution in [0.2, 0.25) is 0 Å². The molecule has 1 aliphatic heterocycles. The molecule has 2 nitrogen and oxygen atoms in total. The summed E-state index contributed by atoms with van der Waals surface area (Å²) in [5.74, 6) is 0. The number of rotatable bonds is 1. The lowest BCUT2D eigenvalue weighted by Crippen LogP contribution is -2.17. The van der Waals surface area contributed by atoms with Crippen LogP contribution in [0.5, 0.6) is 0 Å². The quantitative estimate of drug-likeness (QED) is 0.549. The summed E-state index contributed by atoms with van der Waals surface area (Å²) in [5.41, 5.74) is 1.20. The molecule has 0 spiro atoms. The molecule has 1 aliphatic rings. The van der Waals surface area contributed by atoms with E-state index in [9.17, 15) is 0 Å². The fourth-order valence-corrected chi connectivity index (χ4v) is 0.764. The number of hydrogen-bond acceptors (Lipinski definition) is 2. The molecule has 0 aromatic heterocycles. The first-order valence-corrected chi connectivity index (χ1v) is 3.09. The topological polar surface area (TPSA) is 15.3 Å². The normalized spacial score (nSPS) is 17.6. The third kappa shape index (κ3) is 1.49. The van der Waals surface area contributed by atoms with Gasteiger partial charge >= 0.3 is 0 Å². The fourth-order valence-electron chi connectivity index (χ4n) is 0.764. The minimum atomic E-state index is 1.01. The lowest BCUT2D eigenvalue weighted by Gasteiger charge is -2.16. The van der Waals surface area contributed by atoms with E-state index >= 15 is 0 Å². The van der Waals surface area contributed by atoms with Gasteiger partial charge in [0, 0.05) is 32.5 Å². The Morgan fingerprint density at radius 2 is 2.44 bits per heavy atom. The predicted molar refractivity (Wildman–Crippen MR) is 38.9 cm³/mol. The molecule has 0 unspecified atom stereocenters. The number of allylic oxidation sites excluding steroid dienone is 1. The van der Waals surface area contributed by atoms with Crippen molar-refractivity contribution in [1.82, 2.24) is 10.2 Å². The highest BCUT2D eigenvalue weighted by molar-refractivity contribution is 5.19. The van der Waals surface area contributed by atoms with Crippen molar-refractivity contribution in [3.05, 3.63) is 24.0 Å². The first kappa shape index (κ1) is 6.20. The molecule has 0 atom stereocenters. The second-order valence-corrected chi connectivity index (χ2v) is 2.16. The molecule has 0 radical (unpaired) electrons. The van der Waals surface area contributed by atoms with Crippen LogP contribution in [-0.4, -0.2) is 25.5 Å². The van der Waals surface area contributed by atoms with E-state index in [1.54, 1.807) is 0 Å². The largest absolute Gasteiger partial charge is 0.388 e. The Kier molecular flexibility index (Phi) is 1.78. The molecule has 50 valence electrons. The molecule has 2 heteroatoms. The lowest BCUT2D eigenvalue weighted by molar-refractivity contribution is 0.500. The zero-order valence-corrected chi connectivity index (χ0v) is 5.89. The fraction of sp³-hybridized carbons (Fsp3) is 0.429. The second kappa shape index (κ2) is 2.58. The maximum atomic E-state index is 3.07. The van der Waals surface area contributed by atoms with Crippen molar-refractivity contribution in [1.29, 1.82) is 0 Å². The molecule has 9 heavy (non-hydrogen) atoms. The van der Waals surface area contributed by atoms with Gasteiger partial charge in [-0.05, 0) is 12.2 Å². The maximum Gasteiger partial charge on any atom is 0.0373 e. The van der Waals surface area contributed by atoms with Gasteiger partial charge in [0.25, 0.3) is 0 Å². The molecule has 0 aliphatic carbocycles. The van der Waals surface area contributed by atoms with E-state index in [2.05, 4.69) is 35.6 Å². The molecule has 0 bridgehead atoms. The van der Waals surface area contributed by atoms with Gasteiger partial charge < -0.3 is 10.2 Å². The zero-order chi connectivity index (χ0) is 6.69. The Balaban J connectivity index is 2.52. The van der Waals surface area contributed by atoms with Crippen LogP contribution in [0.4, 0.5) is 0 Å². The third-order valence-electron chi connectivity index (χ3n) is 1.40. The molecule has 0 saturated carbocycles. The molecule has 0 saturated heterocycles. The number of nitrogens with zero attached hydrogens (tertiary/aromatic N) is 1.